The highest BCUT2D eigenvalue weighted by molar-refractivity contribution is 7.99. The second kappa shape index (κ2) is 11.7. The number of methoxy groups -OCH3 is 1. The fraction of sp³-hybridized carbons (Fsp3) is 0.500. The number of fused-ring (bicyclic) bond motifs is 1. The van der Waals surface area contributed by atoms with Gasteiger partial charge in [0.25, 0.3) is 0 Å². The van der Waals surface area contributed by atoms with Gasteiger partial charge in [0.05, 0.1) is 18.9 Å². The number of rotatable bonds is 11. The molecule has 1 aliphatic heterocycles. The van der Waals surface area contributed by atoms with E-state index in [4.69, 9.17) is 9.15 Å². The van der Waals surface area contributed by atoms with Crippen LogP contribution >= 0.6 is 11.8 Å². The van der Waals surface area contributed by atoms with E-state index in [0.717, 1.165) is 55.9 Å². The molecule has 0 amide bonds. The average molecular weight is 455 g/mol. The molecule has 2 aromatic heterocycles. The lowest BCUT2D eigenvalue weighted by atomic mass is 9.82. The zero-order chi connectivity index (χ0) is 22.2. The molecule has 4 rings (SSSR count). The van der Waals surface area contributed by atoms with Gasteiger partial charge in [-0.3, -0.25) is 4.98 Å². The summed E-state index contributed by atoms with van der Waals surface area (Å²) in [6.45, 7) is 3.57. The number of aryl methyl sites for hydroxylation is 1. The van der Waals surface area contributed by atoms with Gasteiger partial charge < -0.3 is 19.2 Å². The topological polar surface area (TPSA) is 58.7 Å². The summed E-state index contributed by atoms with van der Waals surface area (Å²) in [5.41, 5.74) is 2.36. The zero-order valence-corrected chi connectivity index (χ0v) is 19.7. The summed E-state index contributed by atoms with van der Waals surface area (Å²) >= 11 is 1.85. The van der Waals surface area contributed by atoms with Crippen LogP contribution in [0.25, 0.3) is 10.9 Å². The predicted octanol–water partition coefficient (Wildman–Crippen LogP) is 5.27. The Kier molecular flexibility index (Phi) is 8.49. The van der Waals surface area contributed by atoms with Crippen LogP contribution in [-0.2, 0) is 6.42 Å². The Morgan fingerprint density at radius 3 is 2.97 bits per heavy atom. The second-order valence-corrected chi connectivity index (χ2v) is 9.87. The lowest BCUT2D eigenvalue weighted by Gasteiger charge is -2.38. The molecule has 0 aliphatic carbocycles. The van der Waals surface area contributed by atoms with Crippen molar-refractivity contribution in [3.05, 3.63) is 54.6 Å². The van der Waals surface area contributed by atoms with E-state index in [1.54, 1.807) is 13.4 Å². The van der Waals surface area contributed by atoms with Gasteiger partial charge in [-0.25, -0.2) is 0 Å². The first-order chi connectivity index (χ1) is 15.8. The lowest BCUT2D eigenvalue weighted by Crippen LogP contribution is -2.42. The Bertz CT molecular complexity index is 963. The van der Waals surface area contributed by atoms with Crippen LogP contribution in [0.1, 0.15) is 31.2 Å². The molecule has 0 saturated carbocycles. The third-order valence-electron chi connectivity index (χ3n) is 6.65. The Labute approximate surface area is 195 Å². The molecule has 0 spiro atoms. The molecule has 32 heavy (non-hydrogen) atoms. The Hall–Kier alpha value is -2.02. The number of piperidine rings is 1. The summed E-state index contributed by atoms with van der Waals surface area (Å²) in [6, 6.07) is 10.2. The fourth-order valence-corrected chi connectivity index (χ4v) is 5.62. The van der Waals surface area contributed by atoms with Crippen LogP contribution in [-0.4, -0.2) is 54.1 Å². The number of aliphatic hydroxyl groups is 1. The van der Waals surface area contributed by atoms with Crippen LogP contribution in [0.3, 0.4) is 0 Å². The van der Waals surface area contributed by atoms with E-state index in [2.05, 4.69) is 22.0 Å². The smallest absolute Gasteiger partial charge is 0.119 e. The van der Waals surface area contributed by atoms with Gasteiger partial charge in [0.1, 0.15) is 12.0 Å². The van der Waals surface area contributed by atoms with Gasteiger partial charge in [0.2, 0.25) is 0 Å². The predicted molar refractivity (Wildman–Crippen MR) is 130 cm³/mol. The molecule has 1 aromatic carbocycles. The van der Waals surface area contributed by atoms with Crippen molar-refractivity contribution in [2.45, 2.75) is 37.0 Å². The molecular weight excluding hydrogens is 420 g/mol. The monoisotopic (exact) mass is 454 g/mol. The minimum atomic E-state index is 0.292. The molecule has 0 unspecified atom stereocenters. The first-order valence-electron chi connectivity index (χ1n) is 11.7. The summed E-state index contributed by atoms with van der Waals surface area (Å²) < 4.78 is 10.5. The van der Waals surface area contributed by atoms with Crippen LogP contribution in [0, 0.1) is 11.8 Å². The van der Waals surface area contributed by atoms with Gasteiger partial charge in [-0.15, -0.1) is 11.8 Å². The number of ether oxygens (including phenoxy) is 1. The third-order valence-corrected chi connectivity index (χ3v) is 7.71. The maximum atomic E-state index is 10.0. The normalized spacial score (nSPS) is 19.4. The van der Waals surface area contributed by atoms with E-state index in [9.17, 15) is 5.11 Å². The van der Waals surface area contributed by atoms with Crippen LogP contribution < -0.4 is 4.74 Å². The third kappa shape index (κ3) is 6.06. The summed E-state index contributed by atoms with van der Waals surface area (Å²) in [5.74, 6) is 2.98. The standard InChI is InChI=1S/C26H34N2O3S/c1-30-23-6-7-26-25(16-23)21(8-11-27-26)5-2-4-20-9-13-28(17-22(20)18-29)12-3-15-32-24-10-14-31-19-24/h6-8,10-11,14,16,19-20,22,29H,2-5,9,12-13,15,17-18H2,1H3/t20-,22-/m1/s1. The minimum absolute atomic E-state index is 0.292. The van der Waals surface area contributed by atoms with Gasteiger partial charge in [-0.1, -0.05) is 0 Å². The van der Waals surface area contributed by atoms with Crippen molar-refractivity contribution in [3.8, 4) is 5.75 Å². The second-order valence-electron chi connectivity index (χ2n) is 8.70. The molecule has 1 aliphatic rings. The van der Waals surface area contributed by atoms with Crippen molar-refractivity contribution in [2.24, 2.45) is 11.8 Å². The molecule has 2 atom stereocenters. The number of pyridine rings is 1. The molecular formula is C26H34N2O3S. The highest BCUT2D eigenvalue weighted by atomic mass is 32.2. The highest BCUT2D eigenvalue weighted by Crippen LogP contribution is 2.30. The van der Waals surface area contributed by atoms with Gasteiger partial charge in [-0.2, -0.15) is 0 Å². The summed E-state index contributed by atoms with van der Waals surface area (Å²) in [6.07, 6.45) is 11.1. The van der Waals surface area contributed by atoms with Crippen LogP contribution in [0.4, 0.5) is 0 Å². The van der Waals surface area contributed by atoms with Crippen molar-refractivity contribution < 1.29 is 14.3 Å². The van der Waals surface area contributed by atoms with Crippen LogP contribution in [0.15, 0.2) is 58.4 Å². The fourth-order valence-electron chi connectivity index (χ4n) is 4.84. The highest BCUT2D eigenvalue weighted by Gasteiger charge is 2.28. The quantitative estimate of drug-likeness (QED) is 0.315. The van der Waals surface area contributed by atoms with Crippen molar-refractivity contribution >= 4 is 22.7 Å². The Morgan fingerprint density at radius 2 is 2.16 bits per heavy atom. The Morgan fingerprint density at radius 1 is 1.22 bits per heavy atom. The van der Waals surface area contributed by atoms with E-state index >= 15 is 0 Å². The van der Waals surface area contributed by atoms with E-state index < -0.39 is 0 Å². The summed E-state index contributed by atoms with van der Waals surface area (Å²) in [4.78, 5) is 8.24. The summed E-state index contributed by atoms with van der Waals surface area (Å²) in [5, 5.41) is 11.2. The summed E-state index contributed by atoms with van der Waals surface area (Å²) in [7, 11) is 1.71. The molecule has 3 aromatic rings. The first-order valence-corrected chi connectivity index (χ1v) is 12.6. The number of aliphatic hydroxyl groups excluding tert-OH is 1. The number of thioether (sulfide) groups is 1. The maximum Gasteiger partial charge on any atom is 0.119 e. The number of nitrogens with zero attached hydrogens (tertiary/aromatic N) is 2. The maximum absolute atomic E-state index is 10.0. The van der Waals surface area contributed by atoms with Crippen molar-refractivity contribution in [3.63, 3.8) is 0 Å². The molecule has 5 nitrogen and oxygen atoms in total. The average Bonchev–Trinajstić information content (AvgIpc) is 3.36. The largest absolute Gasteiger partial charge is 0.497 e. The number of hydrogen-bond donors (Lipinski definition) is 1. The van der Waals surface area contributed by atoms with Gasteiger partial charge >= 0.3 is 0 Å². The zero-order valence-electron chi connectivity index (χ0n) is 18.9. The van der Waals surface area contributed by atoms with Gasteiger partial charge in [-0.05, 0) is 98.7 Å². The molecule has 1 N–H and O–H groups in total. The van der Waals surface area contributed by atoms with Crippen molar-refractivity contribution in [1.29, 1.82) is 0 Å². The molecule has 6 heteroatoms. The lowest BCUT2D eigenvalue weighted by molar-refractivity contribution is 0.0677. The van der Waals surface area contributed by atoms with E-state index in [-0.39, 0.29) is 0 Å². The number of aromatic nitrogens is 1. The van der Waals surface area contributed by atoms with Crippen molar-refractivity contribution in [2.75, 3.05) is 39.1 Å². The number of benzene rings is 1. The number of hydrogen-bond acceptors (Lipinski definition) is 6. The molecule has 3 heterocycles. The number of furan rings is 1. The molecule has 172 valence electrons. The first kappa shape index (κ1) is 23.1. The van der Waals surface area contributed by atoms with Crippen LogP contribution in [0.2, 0.25) is 0 Å². The molecule has 1 fully saturated rings. The van der Waals surface area contributed by atoms with E-state index in [0.29, 0.717) is 18.4 Å². The van der Waals surface area contributed by atoms with Crippen LogP contribution in [0.5, 0.6) is 5.75 Å². The molecule has 0 radical (unpaired) electrons. The SMILES string of the molecule is COc1ccc2nccc(CCC[C@@H]3CCN(CCCSc4ccoc4)C[C@@H]3CO)c2c1. The van der Waals surface area contributed by atoms with Crippen molar-refractivity contribution in [1.82, 2.24) is 9.88 Å². The Balaban J connectivity index is 1.23. The van der Waals surface area contributed by atoms with E-state index in [1.165, 1.54) is 28.7 Å². The number of likely N-dealkylation sites (tertiary alicyclic amines) is 1. The molecule has 0 bridgehead atoms. The van der Waals surface area contributed by atoms with Gasteiger partial charge in [0, 0.05) is 29.6 Å². The minimum Gasteiger partial charge on any atom is -0.497 e. The van der Waals surface area contributed by atoms with E-state index in [1.807, 2.05) is 42.4 Å². The molecule has 1 saturated heterocycles. The van der Waals surface area contributed by atoms with Gasteiger partial charge in [0.15, 0.2) is 0 Å².